The van der Waals surface area contributed by atoms with Gasteiger partial charge in [0.25, 0.3) is 0 Å². The molecule has 0 spiro atoms. The maximum Gasteiger partial charge on any atom is 0.407 e. The first-order chi connectivity index (χ1) is 15.4. The van der Waals surface area contributed by atoms with Crippen LogP contribution in [0.15, 0.2) is 18.3 Å². The topological polar surface area (TPSA) is 108 Å². The fourth-order valence-corrected chi connectivity index (χ4v) is 4.50. The molecule has 3 N–H and O–H groups in total. The number of aromatic amines is 1. The molecule has 2 fully saturated rings. The maximum absolute atomic E-state index is 12.0. The molecule has 1 unspecified atom stereocenters. The fraction of sp³-hybridized carbons (Fsp3) is 0.652. The van der Waals surface area contributed by atoms with E-state index in [0.717, 1.165) is 37.6 Å². The second-order valence-electron chi connectivity index (χ2n) is 9.89. The summed E-state index contributed by atoms with van der Waals surface area (Å²) >= 11 is 0. The van der Waals surface area contributed by atoms with Gasteiger partial charge in [-0.1, -0.05) is 12.8 Å². The summed E-state index contributed by atoms with van der Waals surface area (Å²) in [5.41, 5.74) is 0.714. The average molecular weight is 442 g/mol. The summed E-state index contributed by atoms with van der Waals surface area (Å²) in [5, 5.41) is 13.8. The number of hydrogen-bond donors (Lipinski definition) is 3. The Kier molecular flexibility index (Phi) is 6.81. The summed E-state index contributed by atoms with van der Waals surface area (Å²) < 4.78 is 5.34. The molecule has 0 bridgehead atoms. The van der Waals surface area contributed by atoms with Crippen molar-refractivity contribution >= 4 is 23.7 Å². The molecule has 1 amide bonds. The molecule has 1 aliphatic heterocycles. The van der Waals surface area contributed by atoms with Crippen LogP contribution in [0.3, 0.4) is 0 Å². The number of carbonyl (C=O) groups is 1. The molecule has 32 heavy (non-hydrogen) atoms. The van der Waals surface area contributed by atoms with E-state index in [0.29, 0.717) is 24.3 Å². The summed E-state index contributed by atoms with van der Waals surface area (Å²) in [4.78, 5) is 23.4. The molecule has 4 rings (SSSR count). The minimum atomic E-state index is -0.490. The third-order valence-electron chi connectivity index (χ3n) is 6.03. The summed E-state index contributed by atoms with van der Waals surface area (Å²) in [6.07, 6.45) is 8.56. The van der Waals surface area contributed by atoms with E-state index in [1.54, 1.807) is 6.20 Å². The number of rotatable bonds is 6. The van der Waals surface area contributed by atoms with E-state index >= 15 is 0 Å². The van der Waals surface area contributed by atoms with Crippen LogP contribution in [0.5, 0.6) is 0 Å². The molecule has 0 aromatic carbocycles. The van der Waals surface area contributed by atoms with Gasteiger partial charge in [0, 0.05) is 43.5 Å². The van der Waals surface area contributed by atoms with Gasteiger partial charge in [-0.2, -0.15) is 10.1 Å². The van der Waals surface area contributed by atoms with Gasteiger partial charge in [-0.3, -0.25) is 5.10 Å². The first kappa shape index (κ1) is 22.4. The van der Waals surface area contributed by atoms with Crippen LogP contribution in [0.1, 0.15) is 70.9 Å². The number of ether oxygens (including phenoxy) is 1. The zero-order valence-corrected chi connectivity index (χ0v) is 19.4. The van der Waals surface area contributed by atoms with Crippen LogP contribution in [0.4, 0.5) is 22.4 Å². The van der Waals surface area contributed by atoms with Crippen LogP contribution >= 0.6 is 0 Å². The van der Waals surface area contributed by atoms with E-state index in [4.69, 9.17) is 9.72 Å². The summed E-state index contributed by atoms with van der Waals surface area (Å²) in [7, 11) is 0. The maximum atomic E-state index is 12.0. The lowest BCUT2D eigenvalue weighted by molar-refractivity contribution is 0.0517. The molecule has 1 saturated carbocycles. The van der Waals surface area contributed by atoms with E-state index in [-0.39, 0.29) is 6.09 Å². The Hall–Kier alpha value is -2.84. The second kappa shape index (κ2) is 9.75. The van der Waals surface area contributed by atoms with Crippen LogP contribution in [-0.2, 0) is 4.74 Å². The molecular weight excluding hydrogens is 406 g/mol. The zero-order valence-electron chi connectivity index (χ0n) is 19.4. The number of nitrogens with zero attached hydrogens (tertiary/aromatic N) is 4. The number of nitrogens with one attached hydrogen (secondary N) is 3. The number of carbonyl (C=O) groups excluding carboxylic acids is 1. The predicted molar refractivity (Wildman–Crippen MR) is 124 cm³/mol. The smallest absolute Gasteiger partial charge is 0.407 e. The molecule has 9 nitrogen and oxygen atoms in total. The van der Waals surface area contributed by atoms with Crippen LogP contribution in [-0.4, -0.2) is 51.5 Å². The van der Waals surface area contributed by atoms with Crippen molar-refractivity contribution in [2.75, 3.05) is 29.9 Å². The third-order valence-corrected chi connectivity index (χ3v) is 6.03. The minimum Gasteiger partial charge on any atom is -0.444 e. The highest BCUT2D eigenvalue weighted by Crippen LogP contribution is 2.34. The average Bonchev–Trinajstić information content (AvgIpc) is 3.43. The largest absolute Gasteiger partial charge is 0.444 e. The Balaban J connectivity index is 1.33. The number of anilines is 3. The molecular formula is C23H35N7O2. The van der Waals surface area contributed by atoms with Gasteiger partial charge in [-0.25, -0.2) is 9.78 Å². The lowest BCUT2D eigenvalue weighted by Crippen LogP contribution is -2.42. The predicted octanol–water partition coefficient (Wildman–Crippen LogP) is 4.34. The number of hydrogen-bond acceptors (Lipinski definition) is 7. The number of amides is 1. The van der Waals surface area contributed by atoms with Gasteiger partial charge in [-0.05, 0) is 58.4 Å². The van der Waals surface area contributed by atoms with Gasteiger partial charge < -0.3 is 20.3 Å². The number of H-pyrrole nitrogens is 1. The molecule has 1 saturated heterocycles. The molecule has 2 aliphatic rings. The van der Waals surface area contributed by atoms with Crippen LogP contribution < -0.4 is 15.5 Å². The van der Waals surface area contributed by atoms with Crippen LogP contribution in [0, 0.1) is 5.92 Å². The Morgan fingerprint density at radius 3 is 2.81 bits per heavy atom. The highest BCUT2D eigenvalue weighted by molar-refractivity contribution is 5.67. The van der Waals surface area contributed by atoms with Gasteiger partial charge in [0.15, 0.2) is 5.82 Å². The quantitative estimate of drug-likeness (QED) is 0.612. The van der Waals surface area contributed by atoms with Gasteiger partial charge in [0.1, 0.15) is 11.4 Å². The lowest BCUT2D eigenvalue weighted by Gasteiger charge is -2.33. The monoisotopic (exact) mass is 441 g/mol. The van der Waals surface area contributed by atoms with Crippen molar-refractivity contribution in [3.05, 3.63) is 24.0 Å². The molecule has 3 heterocycles. The standard InChI is InChI=1S/C23H35N7O2/c1-23(2,3)32-22(31)25-14-16-7-6-12-30(15-16)21-24-11-10-19(27-21)26-20-13-18(28-29-20)17-8-4-5-9-17/h10-11,13,16-17H,4-9,12,14-15H2,1-3H3,(H,25,31)(H2,24,26,27,28,29). The van der Waals surface area contributed by atoms with Crippen molar-refractivity contribution < 1.29 is 9.53 Å². The van der Waals surface area contributed by atoms with E-state index < -0.39 is 5.60 Å². The van der Waals surface area contributed by atoms with E-state index in [9.17, 15) is 4.79 Å². The normalized spacial score (nSPS) is 19.7. The summed E-state index contributed by atoms with van der Waals surface area (Å²) in [6.45, 7) is 7.89. The van der Waals surface area contributed by atoms with Crippen molar-refractivity contribution in [2.24, 2.45) is 5.92 Å². The summed E-state index contributed by atoms with van der Waals surface area (Å²) in [5.74, 6) is 3.14. The van der Waals surface area contributed by atoms with Crippen LogP contribution in [0.2, 0.25) is 0 Å². The highest BCUT2D eigenvalue weighted by Gasteiger charge is 2.24. The van der Waals surface area contributed by atoms with E-state index in [2.05, 4.69) is 36.8 Å². The van der Waals surface area contributed by atoms with Crippen molar-refractivity contribution in [3.8, 4) is 0 Å². The van der Waals surface area contributed by atoms with Crippen molar-refractivity contribution in [1.29, 1.82) is 0 Å². The third kappa shape index (κ3) is 6.11. The molecule has 0 radical (unpaired) electrons. The Morgan fingerprint density at radius 2 is 2.03 bits per heavy atom. The van der Waals surface area contributed by atoms with E-state index in [1.807, 2.05) is 26.8 Å². The zero-order chi connectivity index (χ0) is 22.6. The van der Waals surface area contributed by atoms with Crippen molar-refractivity contribution in [1.82, 2.24) is 25.5 Å². The molecule has 2 aromatic heterocycles. The highest BCUT2D eigenvalue weighted by atomic mass is 16.6. The Labute approximate surface area is 189 Å². The van der Waals surface area contributed by atoms with Gasteiger partial charge in [-0.15, -0.1) is 0 Å². The summed E-state index contributed by atoms with van der Waals surface area (Å²) in [6, 6.07) is 3.95. The lowest BCUT2D eigenvalue weighted by atomic mass is 9.98. The van der Waals surface area contributed by atoms with E-state index in [1.165, 1.54) is 31.4 Å². The Bertz CT molecular complexity index is 902. The molecule has 9 heteroatoms. The van der Waals surface area contributed by atoms with Gasteiger partial charge >= 0.3 is 6.09 Å². The first-order valence-corrected chi connectivity index (χ1v) is 11.7. The Morgan fingerprint density at radius 1 is 1.22 bits per heavy atom. The van der Waals surface area contributed by atoms with Crippen molar-refractivity contribution in [2.45, 2.75) is 70.8 Å². The number of alkyl carbamates (subject to hydrolysis) is 1. The SMILES string of the molecule is CC(C)(C)OC(=O)NCC1CCCN(c2nccc(Nc3cc(C4CCCC4)[nH]n3)n2)C1. The van der Waals surface area contributed by atoms with Crippen molar-refractivity contribution in [3.63, 3.8) is 0 Å². The first-order valence-electron chi connectivity index (χ1n) is 11.7. The molecule has 1 aliphatic carbocycles. The second-order valence-corrected chi connectivity index (χ2v) is 9.89. The van der Waals surface area contributed by atoms with Gasteiger partial charge in [0.05, 0.1) is 0 Å². The number of piperidine rings is 1. The molecule has 174 valence electrons. The molecule has 2 aromatic rings. The number of aromatic nitrogens is 4. The molecule has 1 atom stereocenters. The van der Waals surface area contributed by atoms with Crippen LogP contribution in [0.25, 0.3) is 0 Å². The fourth-order valence-electron chi connectivity index (χ4n) is 4.50. The minimum absolute atomic E-state index is 0.330. The van der Waals surface area contributed by atoms with Gasteiger partial charge in [0.2, 0.25) is 5.95 Å².